The van der Waals surface area contributed by atoms with Crippen molar-refractivity contribution < 1.29 is 14.4 Å². The third-order valence-electron chi connectivity index (χ3n) is 1.42. The van der Waals surface area contributed by atoms with Crippen LogP contribution in [0.4, 0.5) is 0 Å². The van der Waals surface area contributed by atoms with Gasteiger partial charge in [0.2, 0.25) is 11.7 Å². The summed E-state index contributed by atoms with van der Waals surface area (Å²) in [5.41, 5.74) is 1.64. The SMILES string of the molecule is O=C(O)Cc1nc(-c2cncs2)no1. The number of carbonyl (C=O) groups is 1. The molecule has 2 rings (SSSR count). The number of carboxylic acids is 1. The molecule has 0 unspecified atom stereocenters. The van der Waals surface area contributed by atoms with Crippen molar-refractivity contribution in [2.24, 2.45) is 0 Å². The summed E-state index contributed by atoms with van der Waals surface area (Å²) in [4.78, 5) is 18.8. The lowest BCUT2D eigenvalue weighted by molar-refractivity contribution is -0.136. The number of nitrogens with zero attached hydrogens (tertiary/aromatic N) is 3. The Morgan fingerprint density at radius 3 is 3.14 bits per heavy atom. The fourth-order valence-electron chi connectivity index (χ4n) is 0.882. The zero-order chi connectivity index (χ0) is 9.97. The van der Waals surface area contributed by atoms with Crippen molar-refractivity contribution in [2.45, 2.75) is 6.42 Å². The van der Waals surface area contributed by atoms with Crippen molar-refractivity contribution in [1.82, 2.24) is 15.1 Å². The monoisotopic (exact) mass is 211 g/mol. The van der Waals surface area contributed by atoms with E-state index in [1.807, 2.05) is 0 Å². The summed E-state index contributed by atoms with van der Waals surface area (Å²) in [7, 11) is 0. The number of thiazole rings is 1. The first kappa shape index (κ1) is 8.82. The average molecular weight is 211 g/mol. The minimum absolute atomic E-state index is 0.0981. The summed E-state index contributed by atoms with van der Waals surface area (Å²) < 4.78 is 4.74. The van der Waals surface area contributed by atoms with Crippen LogP contribution in [-0.4, -0.2) is 26.2 Å². The van der Waals surface area contributed by atoms with Crippen molar-refractivity contribution in [3.63, 3.8) is 0 Å². The molecule has 0 saturated carbocycles. The average Bonchev–Trinajstić information content (AvgIpc) is 2.69. The second kappa shape index (κ2) is 3.54. The maximum absolute atomic E-state index is 10.3. The number of aromatic nitrogens is 3. The van der Waals surface area contributed by atoms with Gasteiger partial charge in [0.05, 0.1) is 10.4 Å². The minimum atomic E-state index is -0.996. The lowest BCUT2D eigenvalue weighted by Gasteiger charge is -1.83. The van der Waals surface area contributed by atoms with Crippen LogP contribution in [0.15, 0.2) is 16.2 Å². The Morgan fingerprint density at radius 1 is 1.64 bits per heavy atom. The van der Waals surface area contributed by atoms with Gasteiger partial charge >= 0.3 is 5.97 Å². The molecule has 0 atom stereocenters. The van der Waals surface area contributed by atoms with Crippen LogP contribution in [0.2, 0.25) is 0 Å². The van der Waals surface area contributed by atoms with Gasteiger partial charge in [-0.1, -0.05) is 5.16 Å². The van der Waals surface area contributed by atoms with Crippen LogP contribution in [0.1, 0.15) is 5.89 Å². The van der Waals surface area contributed by atoms with E-state index in [0.717, 1.165) is 4.88 Å². The highest BCUT2D eigenvalue weighted by Gasteiger charge is 2.12. The Balaban J connectivity index is 2.22. The van der Waals surface area contributed by atoms with Gasteiger partial charge in [-0.15, -0.1) is 11.3 Å². The van der Waals surface area contributed by atoms with E-state index in [0.29, 0.717) is 5.82 Å². The number of rotatable bonds is 3. The molecule has 0 bridgehead atoms. The van der Waals surface area contributed by atoms with E-state index in [9.17, 15) is 4.79 Å². The highest BCUT2D eigenvalue weighted by Crippen LogP contribution is 2.19. The Kier molecular flexibility index (Phi) is 2.23. The standard InChI is InChI=1S/C7H5N3O3S/c11-6(12)1-5-9-7(10-13-5)4-2-8-3-14-4/h2-3H,1H2,(H,11,12). The van der Waals surface area contributed by atoms with Crippen LogP contribution in [0, 0.1) is 0 Å². The smallest absolute Gasteiger partial charge is 0.312 e. The van der Waals surface area contributed by atoms with Gasteiger partial charge in [0.15, 0.2) is 0 Å². The predicted molar refractivity (Wildman–Crippen MR) is 46.7 cm³/mol. The summed E-state index contributed by atoms with van der Waals surface area (Å²) in [6.07, 6.45) is 1.34. The highest BCUT2D eigenvalue weighted by atomic mass is 32.1. The summed E-state index contributed by atoms with van der Waals surface area (Å²) in [5, 5.41) is 12.1. The second-order valence-electron chi connectivity index (χ2n) is 2.45. The van der Waals surface area contributed by atoms with E-state index < -0.39 is 5.97 Å². The Morgan fingerprint density at radius 2 is 2.50 bits per heavy atom. The quantitative estimate of drug-likeness (QED) is 0.808. The molecular weight excluding hydrogens is 206 g/mol. The molecule has 2 aromatic heterocycles. The molecule has 2 aromatic rings. The first-order chi connectivity index (χ1) is 6.75. The molecule has 1 N–H and O–H groups in total. The first-order valence-corrected chi connectivity index (χ1v) is 4.57. The van der Waals surface area contributed by atoms with Crippen LogP contribution in [0.25, 0.3) is 10.7 Å². The molecule has 0 amide bonds. The molecule has 7 heteroatoms. The molecule has 72 valence electrons. The molecule has 0 aromatic carbocycles. The molecular formula is C7H5N3O3S. The van der Waals surface area contributed by atoms with Gasteiger partial charge < -0.3 is 9.63 Å². The van der Waals surface area contributed by atoms with Gasteiger partial charge in [0, 0.05) is 6.20 Å². The van der Waals surface area contributed by atoms with Crippen LogP contribution in [0.5, 0.6) is 0 Å². The fraction of sp³-hybridized carbons (Fsp3) is 0.143. The maximum Gasteiger partial charge on any atom is 0.312 e. The maximum atomic E-state index is 10.3. The molecule has 6 nitrogen and oxygen atoms in total. The van der Waals surface area contributed by atoms with Gasteiger partial charge in [0.1, 0.15) is 6.42 Å². The van der Waals surface area contributed by atoms with Crippen molar-refractivity contribution >= 4 is 17.3 Å². The van der Waals surface area contributed by atoms with Gasteiger partial charge in [-0.05, 0) is 0 Å². The summed E-state index contributed by atoms with van der Waals surface area (Å²) in [6.45, 7) is 0. The Hall–Kier alpha value is -1.76. The molecule has 0 aliphatic carbocycles. The molecule has 0 fully saturated rings. The molecule has 0 radical (unpaired) electrons. The fourth-order valence-corrected chi connectivity index (χ4v) is 1.43. The van der Waals surface area contributed by atoms with E-state index in [2.05, 4.69) is 15.1 Å². The third-order valence-corrected chi connectivity index (χ3v) is 2.19. The van der Waals surface area contributed by atoms with Gasteiger partial charge in [0.25, 0.3) is 0 Å². The Labute approximate surface area is 82.2 Å². The van der Waals surface area contributed by atoms with E-state index in [1.54, 1.807) is 11.7 Å². The summed E-state index contributed by atoms with van der Waals surface area (Å²) in [6, 6.07) is 0. The number of carboxylic acid groups (broad SMARTS) is 1. The number of aliphatic carboxylic acids is 1. The largest absolute Gasteiger partial charge is 0.481 e. The number of hydrogen-bond acceptors (Lipinski definition) is 6. The van der Waals surface area contributed by atoms with Crippen molar-refractivity contribution in [3.05, 3.63) is 17.6 Å². The molecule has 0 saturated heterocycles. The van der Waals surface area contributed by atoms with Gasteiger partial charge in [-0.25, -0.2) is 0 Å². The van der Waals surface area contributed by atoms with E-state index in [1.165, 1.54) is 11.3 Å². The predicted octanol–water partition coefficient (Wildman–Crippen LogP) is 0.820. The second-order valence-corrected chi connectivity index (χ2v) is 3.33. The first-order valence-electron chi connectivity index (χ1n) is 3.69. The highest BCUT2D eigenvalue weighted by molar-refractivity contribution is 7.13. The minimum Gasteiger partial charge on any atom is -0.481 e. The Bertz CT molecular complexity index is 437. The topological polar surface area (TPSA) is 89.1 Å². The molecule has 2 heterocycles. The molecule has 14 heavy (non-hydrogen) atoms. The molecule has 0 aliphatic rings. The van der Waals surface area contributed by atoms with Crippen LogP contribution >= 0.6 is 11.3 Å². The zero-order valence-electron chi connectivity index (χ0n) is 6.88. The molecule has 0 aliphatic heterocycles. The third kappa shape index (κ3) is 1.77. The van der Waals surface area contributed by atoms with Crippen LogP contribution in [0.3, 0.4) is 0 Å². The lowest BCUT2D eigenvalue weighted by atomic mass is 10.4. The number of hydrogen-bond donors (Lipinski definition) is 1. The lowest BCUT2D eigenvalue weighted by Crippen LogP contribution is -1.99. The van der Waals surface area contributed by atoms with Gasteiger partial charge in [-0.3, -0.25) is 9.78 Å². The van der Waals surface area contributed by atoms with Crippen LogP contribution in [-0.2, 0) is 11.2 Å². The van der Waals surface area contributed by atoms with Crippen molar-refractivity contribution in [2.75, 3.05) is 0 Å². The normalized spacial score (nSPS) is 10.3. The zero-order valence-corrected chi connectivity index (χ0v) is 7.69. The van der Waals surface area contributed by atoms with E-state index >= 15 is 0 Å². The summed E-state index contributed by atoms with van der Waals surface area (Å²) >= 11 is 1.36. The van der Waals surface area contributed by atoms with E-state index in [-0.39, 0.29) is 12.3 Å². The van der Waals surface area contributed by atoms with Crippen LogP contribution < -0.4 is 0 Å². The molecule has 0 spiro atoms. The van der Waals surface area contributed by atoms with Crippen molar-refractivity contribution in [1.29, 1.82) is 0 Å². The summed E-state index contributed by atoms with van der Waals surface area (Å²) in [5.74, 6) is -0.519. The van der Waals surface area contributed by atoms with E-state index in [4.69, 9.17) is 9.63 Å². The van der Waals surface area contributed by atoms with Gasteiger partial charge in [-0.2, -0.15) is 4.98 Å². The van der Waals surface area contributed by atoms with Crippen molar-refractivity contribution in [3.8, 4) is 10.7 Å².